The molecule has 1 saturated heterocycles. The molecule has 1 fully saturated rings. The molecule has 1 atom stereocenters. The van der Waals surface area contributed by atoms with Gasteiger partial charge in [0.15, 0.2) is 0 Å². The highest BCUT2D eigenvalue weighted by Gasteiger charge is 2.55. The average molecular weight is 330 g/mol. The summed E-state index contributed by atoms with van der Waals surface area (Å²) >= 11 is 0. The Kier molecular flexibility index (Phi) is 4.63. The second-order valence-corrected chi connectivity index (χ2v) is 7.08. The van der Waals surface area contributed by atoms with Crippen LogP contribution in [0.3, 0.4) is 0 Å². The average Bonchev–Trinajstić information content (AvgIpc) is 2.57. The molecule has 1 spiro atoms. The van der Waals surface area contributed by atoms with E-state index in [1.54, 1.807) is 6.07 Å². The number of benzene rings is 1. The molecule has 24 heavy (non-hydrogen) atoms. The van der Waals surface area contributed by atoms with E-state index >= 15 is 0 Å². The molecule has 130 valence electrons. The number of likely N-dealkylation sites (tertiary alicyclic amines) is 1. The van der Waals surface area contributed by atoms with Crippen LogP contribution in [0.4, 0.5) is 0 Å². The van der Waals surface area contributed by atoms with Crippen LogP contribution in [0, 0.1) is 0 Å². The third-order valence-corrected chi connectivity index (χ3v) is 5.66. The highest BCUT2D eigenvalue weighted by molar-refractivity contribution is 6.01. The molecule has 1 aromatic rings. The number of carbonyl (C=O) groups is 2. The zero-order valence-corrected chi connectivity index (χ0v) is 14.5. The summed E-state index contributed by atoms with van der Waals surface area (Å²) in [5.74, 6) is -1.46. The van der Waals surface area contributed by atoms with Crippen LogP contribution >= 0.6 is 0 Å². The van der Waals surface area contributed by atoms with E-state index in [9.17, 15) is 14.7 Å². The van der Waals surface area contributed by atoms with Crippen molar-refractivity contribution in [1.29, 1.82) is 0 Å². The highest BCUT2D eigenvalue weighted by Crippen LogP contribution is 2.47. The van der Waals surface area contributed by atoms with Gasteiger partial charge in [0.25, 0.3) is 5.91 Å². The highest BCUT2D eigenvalue weighted by atomic mass is 16.4. The third-order valence-electron chi connectivity index (χ3n) is 5.66. The van der Waals surface area contributed by atoms with Crippen molar-refractivity contribution in [2.45, 2.75) is 44.1 Å². The molecular formula is C19H26N2O3. The maximum atomic E-state index is 13.2. The van der Waals surface area contributed by atoms with Gasteiger partial charge in [0.1, 0.15) is 5.92 Å². The summed E-state index contributed by atoms with van der Waals surface area (Å²) in [7, 11) is 2.05. The quantitative estimate of drug-likeness (QED) is 0.922. The number of hydrogen-bond donors (Lipinski definition) is 1. The van der Waals surface area contributed by atoms with Gasteiger partial charge in [-0.1, -0.05) is 31.5 Å². The van der Waals surface area contributed by atoms with E-state index in [4.69, 9.17) is 0 Å². The van der Waals surface area contributed by atoms with Crippen molar-refractivity contribution in [3.05, 3.63) is 35.4 Å². The summed E-state index contributed by atoms with van der Waals surface area (Å²) in [5.41, 5.74) is 0.650. The first-order chi connectivity index (χ1) is 11.5. The fraction of sp³-hybridized carbons (Fsp3) is 0.579. The number of aliphatic carboxylic acids is 1. The van der Waals surface area contributed by atoms with Crippen LogP contribution in [0.1, 0.15) is 54.4 Å². The molecule has 1 amide bonds. The monoisotopic (exact) mass is 330 g/mol. The SMILES string of the molecule is CCCCN1C(=O)c2ccccc2[C@H](C(=O)O)C12CCN(C)CC2. The molecule has 5 heteroatoms. The fourth-order valence-electron chi connectivity index (χ4n) is 4.30. The third kappa shape index (κ3) is 2.61. The second-order valence-electron chi connectivity index (χ2n) is 7.08. The van der Waals surface area contributed by atoms with E-state index in [-0.39, 0.29) is 5.91 Å². The van der Waals surface area contributed by atoms with Crippen molar-refractivity contribution in [2.75, 3.05) is 26.7 Å². The first kappa shape index (κ1) is 17.0. The lowest BCUT2D eigenvalue weighted by Gasteiger charge is -2.54. The zero-order chi connectivity index (χ0) is 17.3. The Bertz CT molecular complexity index is 635. The number of unbranched alkanes of at least 4 members (excludes halogenated alkanes) is 1. The van der Waals surface area contributed by atoms with Crippen molar-refractivity contribution >= 4 is 11.9 Å². The van der Waals surface area contributed by atoms with Gasteiger partial charge in [-0.3, -0.25) is 9.59 Å². The topological polar surface area (TPSA) is 60.9 Å². The number of piperidine rings is 1. The Morgan fingerprint density at radius 3 is 2.58 bits per heavy atom. The largest absolute Gasteiger partial charge is 0.481 e. The van der Waals surface area contributed by atoms with E-state index < -0.39 is 17.4 Å². The number of carboxylic acids is 1. The maximum Gasteiger partial charge on any atom is 0.313 e. The van der Waals surface area contributed by atoms with Crippen LogP contribution in [-0.4, -0.2) is 59.0 Å². The van der Waals surface area contributed by atoms with E-state index in [2.05, 4.69) is 18.9 Å². The summed E-state index contributed by atoms with van der Waals surface area (Å²) in [6.45, 7) is 4.37. The van der Waals surface area contributed by atoms with Gasteiger partial charge in [0.05, 0.1) is 5.54 Å². The molecular weight excluding hydrogens is 304 g/mol. The Morgan fingerprint density at radius 2 is 1.96 bits per heavy atom. The van der Waals surface area contributed by atoms with Crippen molar-refractivity contribution in [3.63, 3.8) is 0 Å². The number of fused-ring (bicyclic) bond motifs is 1. The summed E-state index contributed by atoms with van der Waals surface area (Å²) in [6.07, 6.45) is 3.31. The number of carbonyl (C=O) groups excluding carboxylic acids is 1. The Balaban J connectivity index is 2.13. The Labute approximate surface area is 143 Å². The van der Waals surface area contributed by atoms with Crippen molar-refractivity contribution in [1.82, 2.24) is 9.80 Å². The molecule has 0 saturated carbocycles. The fourth-order valence-corrected chi connectivity index (χ4v) is 4.30. The van der Waals surface area contributed by atoms with Gasteiger partial charge >= 0.3 is 5.97 Å². The normalized spacial score (nSPS) is 23.3. The van der Waals surface area contributed by atoms with E-state index in [1.165, 1.54) is 0 Å². The first-order valence-corrected chi connectivity index (χ1v) is 8.83. The maximum absolute atomic E-state index is 13.2. The van der Waals surface area contributed by atoms with Crippen LogP contribution < -0.4 is 0 Å². The molecule has 1 aromatic carbocycles. The van der Waals surface area contributed by atoms with Gasteiger partial charge in [-0.05, 0) is 37.9 Å². The van der Waals surface area contributed by atoms with Crippen LogP contribution in [0.25, 0.3) is 0 Å². The van der Waals surface area contributed by atoms with Gasteiger partial charge in [-0.25, -0.2) is 0 Å². The molecule has 0 aromatic heterocycles. The van der Waals surface area contributed by atoms with E-state index in [0.29, 0.717) is 30.5 Å². The predicted molar refractivity (Wildman–Crippen MR) is 92.2 cm³/mol. The van der Waals surface area contributed by atoms with Crippen LogP contribution in [-0.2, 0) is 4.79 Å². The Morgan fingerprint density at radius 1 is 1.29 bits per heavy atom. The molecule has 0 unspecified atom stereocenters. The summed E-state index contributed by atoms with van der Waals surface area (Å²) < 4.78 is 0. The molecule has 5 nitrogen and oxygen atoms in total. The van der Waals surface area contributed by atoms with Gasteiger partial charge in [-0.15, -0.1) is 0 Å². The zero-order valence-electron chi connectivity index (χ0n) is 14.5. The summed E-state index contributed by atoms with van der Waals surface area (Å²) in [5, 5.41) is 10.0. The molecule has 0 bridgehead atoms. The molecule has 0 aliphatic carbocycles. The van der Waals surface area contributed by atoms with E-state index in [1.807, 2.05) is 23.1 Å². The minimum atomic E-state index is -0.819. The molecule has 2 aliphatic rings. The predicted octanol–water partition coefficient (Wildman–Crippen LogP) is 2.58. The minimum Gasteiger partial charge on any atom is -0.481 e. The van der Waals surface area contributed by atoms with Crippen LogP contribution in [0.2, 0.25) is 0 Å². The van der Waals surface area contributed by atoms with Gasteiger partial charge in [-0.2, -0.15) is 0 Å². The lowest BCUT2D eigenvalue weighted by atomic mass is 9.67. The van der Waals surface area contributed by atoms with Crippen LogP contribution in [0.15, 0.2) is 24.3 Å². The number of nitrogens with zero attached hydrogens (tertiary/aromatic N) is 2. The van der Waals surface area contributed by atoms with Crippen molar-refractivity contribution in [2.24, 2.45) is 0 Å². The first-order valence-electron chi connectivity index (χ1n) is 8.83. The number of hydrogen-bond acceptors (Lipinski definition) is 3. The van der Waals surface area contributed by atoms with Crippen molar-refractivity contribution in [3.8, 4) is 0 Å². The van der Waals surface area contributed by atoms with E-state index in [0.717, 1.165) is 25.9 Å². The van der Waals surface area contributed by atoms with Crippen LogP contribution in [0.5, 0.6) is 0 Å². The number of carboxylic acid groups (broad SMARTS) is 1. The molecule has 0 radical (unpaired) electrons. The summed E-state index contributed by atoms with van der Waals surface area (Å²) in [6, 6.07) is 7.25. The Hall–Kier alpha value is -1.88. The smallest absolute Gasteiger partial charge is 0.313 e. The molecule has 3 rings (SSSR count). The number of amides is 1. The van der Waals surface area contributed by atoms with Gasteiger partial charge in [0.2, 0.25) is 0 Å². The lowest BCUT2D eigenvalue weighted by molar-refractivity contribution is -0.144. The summed E-state index contributed by atoms with van der Waals surface area (Å²) in [4.78, 5) is 29.5. The molecule has 2 aliphatic heterocycles. The number of rotatable bonds is 4. The van der Waals surface area contributed by atoms with Gasteiger partial charge < -0.3 is 14.9 Å². The second kappa shape index (κ2) is 6.55. The molecule has 1 N–H and O–H groups in total. The minimum absolute atomic E-state index is 0.00102. The van der Waals surface area contributed by atoms with Crippen molar-refractivity contribution < 1.29 is 14.7 Å². The molecule has 2 heterocycles. The standard InChI is InChI=1S/C19H26N2O3/c1-3-4-11-21-17(22)15-8-6-5-7-14(15)16(18(23)24)19(21)9-12-20(2)13-10-19/h5-8,16H,3-4,9-13H2,1-2H3,(H,23,24)/t16-/m1/s1. The lowest BCUT2D eigenvalue weighted by Crippen LogP contribution is -2.64. The van der Waals surface area contributed by atoms with Gasteiger partial charge in [0, 0.05) is 25.2 Å².